The summed E-state index contributed by atoms with van der Waals surface area (Å²) in [6.45, 7) is 0.812. The van der Waals surface area contributed by atoms with Gasteiger partial charge in [0.15, 0.2) is 0 Å². The Morgan fingerprint density at radius 3 is 3.10 bits per heavy atom. The first-order valence-electron chi connectivity index (χ1n) is 3.32. The molecule has 0 N–H and O–H groups in total. The van der Waals surface area contributed by atoms with Crippen molar-refractivity contribution in [3.8, 4) is 0 Å². The molecule has 0 aromatic heterocycles. The fourth-order valence-electron chi connectivity index (χ4n) is 1.34. The van der Waals surface area contributed by atoms with Crippen LogP contribution in [0.15, 0.2) is 0 Å². The van der Waals surface area contributed by atoms with Crippen LogP contribution >= 0.6 is 22.6 Å². The second-order valence-electron chi connectivity index (χ2n) is 2.62. The van der Waals surface area contributed by atoms with Crippen molar-refractivity contribution in [3.63, 3.8) is 0 Å². The lowest BCUT2D eigenvalue weighted by Crippen LogP contribution is -2.48. The summed E-state index contributed by atoms with van der Waals surface area (Å²) in [6.07, 6.45) is 1.02. The minimum atomic E-state index is 0.132. The maximum atomic E-state index is 10.8. The molecule has 3 nitrogen and oxygen atoms in total. The van der Waals surface area contributed by atoms with Gasteiger partial charge in [0, 0.05) is 4.43 Å². The minimum Gasteiger partial charge on any atom is -0.352 e. The summed E-state index contributed by atoms with van der Waals surface area (Å²) in [5.41, 5.74) is 0. The number of alkyl halides is 1. The number of carbonyl (C=O) groups excluding carboxylic acids is 1. The third-order valence-electron chi connectivity index (χ3n) is 1.94. The van der Waals surface area contributed by atoms with Crippen molar-refractivity contribution >= 4 is 28.5 Å². The number of rotatable bonds is 1. The summed E-state index contributed by atoms with van der Waals surface area (Å²) < 4.78 is 6.46. The van der Waals surface area contributed by atoms with Crippen molar-refractivity contribution in [1.82, 2.24) is 4.90 Å². The highest BCUT2D eigenvalue weighted by molar-refractivity contribution is 14.1. The highest BCUT2D eigenvalue weighted by Gasteiger charge is 2.44. The normalized spacial score (nSPS) is 37.7. The number of hydrogen-bond acceptors (Lipinski definition) is 2. The first kappa shape index (κ1) is 6.84. The van der Waals surface area contributed by atoms with Crippen LogP contribution in [0.2, 0.25) is 0 Å². The van der Waals surface area contributed by atoms with Gasteiger partial charge in [0.2, 0.25) is 5.91 Å². The molecule has 2 aliphatic heterocycles. The van der Waals surface area contributed by atoms with E-state index in [0.717, 1.165) is 11.0 Å². The summed E-state index contributed by atoms with van der Waals surface area (Å²) in [5.74, 6) is 0.248. The number of hydrogen-bond donors (Lipinski definition) is 0. The van der Waals surface area contributed by atoms with Crippen LogP contribution < -0.4 is 0 Å². The molecule has 2 saturated heterocycles. The van der Waals surface area contributed by atoms with Crippen LogP contribution in [0.25, 0.3) is 0 Å². The van der Waals surface area contributed by atoms with E-state index in [2.05, 4.69) is 22.6 Å². The van der Waals surface area contributed by atoms with E-state index < -0.39 is 0 Å². The molecule has 0 aliphatic carbocycles. The first-order chi connectivity index (χ1) is 4.81. The Bertz CT molecular complexity index is 173. The third-order valence-corrected chi connectivity index (χ3v) is 2.92. The Labute approximate surface area is 72.8 Å². The Kier molecular flexibility index (Phi) is 1.60. The number of halogens is 1. The zero-order valence-corrected chi connectivity index (χ0v) is 7.58. The van der Waals surface area contributed by atoms with Gasteiger partial charge in [-0.3, -0.25) is 4.79 Å². The van der Waals surface area contributed by atoms with E-state index in [0.29, 0.717) is 6.42 Å². The highest BCUT2D eigenvalue weighted by Crippen LogP contribution is 2.28. The van der Waals surface area contributed by atoms with E-state index in [4.69, 9.17) is 4.74 Å². The van der Waals surface area contributed by atoms with E-state index in [1.807, 2.05) is 4.90 Å². The second-order valence-corrected chi connectivity index (χ2v) is 3.50. The van der Waals surface area contributed by atoms with E-state index in [9.17, 15) is 4.79 Å². The van der Waals surface area contributed by atoms with E-state index in [1.165, 1.54) is 0 Å². The highest BCUT2D eigenvalue weighted by atomic mass is 127. The minimum absolute atomic E-state index is 0.132. The van der Waals surface area contributed by atoms with Gasteiger partial charge in [-0.1, -0.05) is 22.6 Å². The smallest absolute Gasteiger partial charge is 0.229 e. The Morgan fingerprint density at radius 1 is 1.80 bits per heavy atom. The van der Waals surface area contributed by atoms with E-state index >= 15 is 0 Å². The summed E-state index contributed by atoms with van der Waals surface area (Å²) in [6, 6.07) is 0. The molecule has 2 atom stereocenters. The molecule has 0 radical (unpaired) electrons. The molecule has 1 amide bonds. The fraction of sp³-hybridized carbons (Fsp3) is 0.833. The number of amides is 1. The van der Waals surface area contributed by atoms with Crippen molar-refractivity contribution in [1.29, 1.82) is 0 Å². The molecule has 56 valence electrons. The average molecular weight is 253 g/mol. The lowest BCUT2D eigenvalue weighted by atomic mass is 10.2. The SMILES string of the molecule is O=C1C[C@@H]2O[C@@H](CI)CN12. The molecule has 2 rings (SSSR count). The van der Waals surface area contributed by atoms with Gasteiger partial charge in [-0.05, 0) is 0 Å². The molecule has 2 fully saturated rings. The molecule has 0 aromatic carbocycles. The van der Waals surface area contributed by atoms with E-state index in [1.54, 1.807) is 0 Å². The first-order valence-corrected chi connectivity index (χ1v) is 4.84. The third kappa shape index (κ3) is 0.852. The van der Waals surface area contributed by atoms with Crippen LogP contribution in [0.3, 0.4) is 0 Å². The molecule has 2 aliphatic rings. The van der Waals surface area contributed by atoms with Crippen molar-refractivity contribution in [2.45, 2.75) is 18.8 Å². The molecular formula is C6H8INO2. The van der Waals surface area contributed by atoms with Gasteiger partial charge in [0.25, 0.3) is 0 Å². The molecule has 0 spiro atoms. The van der Waals surface area contributed by atoms with Crippen molar-refractivity contribution in [2.24, 2.45) is 0 Å². The van der Waals surface area contributed by atoms with Gasteiger partial charge in [0.1, 0.15) is 6.23 Å². The number of ether oxygens (including phenoxy) is 1. The average Bonchev–Trinajstić information content (AvgIpc) is 2.26. The van der Waals surface area contributed by atoms with Crippen molar-refractivity contribution in [3.05, 3.63) is 0 Å². The Morgan fingerprint density at radius 2 is 2.60 bits per heavy atom. The number of fused-ring (bicyclic) bond motifs is 1. The zero-order chi connectivity index (χ0) is 7.14. The van der Waals surface area contributed by atoms with Crippen molar-refractivity contribution in [2.75, 3.05) is 11.0 Å². The summed E-state index contributed by atoms with van der Waals surface area (Å²) in [4.78, 5) is 12.6. The largest absolute Gasteiger partial charge is 0.352 e. The number of β-lactam (4-membered cyclic amide) rings is 1. The molecule has 0 unspecified atom stereocenters. The van der Waals surface area contributed by atoms with Crippen LogP contribution in [0, 0.1) is 0 Å². The quantitative estimate of drug-likeness (QED) is 0.384. The predicted octanol–water partition coefficient (Wildman–Crippen LogP) is 0.379. The standard InChI is InChI=1S/C6H8INO2/c7-2-4-3-8-5(9)1-6(8)10-4/h4,6H,1-3H2/t4-,6-/m0/s1. The Balaban J connectivity index is 1.99. The molecular weight excluding hydrogens is 245 g/mol. The number of nitrogens with zero attached hydrogens (tertiary/aromatic N) is 1. The second kappa shape index (κ2) is 2.34. The maximum Gasteiger partial charge on any atom is 0.229 e. The molecule has 10 heavy (non-hydrogen) atoms. The van der Waals surface area contributed by atoms with Crippen LogP contribution in [0.1, 0.15) is 6.42 Å². The molecule has 0 bridgehead atoms. The fourth-order valence-corrected chi connectivity index (χ4v) is 1.82. The summed E-state index contributed by atoms with van der Waals surface area (Å²) in [5, 5.41) is 0. The lowest BCUT2D eigenvalue weighted by Gasteiger charge is -2.31. The van der Waals surface area contributed by atoms with Crippen LogP contribution in [0.4, 0.5) is 0 Å². The number of carbonyl (C=O) groups is 1. The van der Waals surface area contributed by atoms with Crippen LogP contribution in [-0.4, -0.2) is 34.1 Å². The van der Waals surface area contributed by atoms with Gasteiger partial charge >= 0.3 is 0 Å². The molecule has 0 aromatic rings. The van der Waals surface area contributed by atoms with Crippen LogP contribution in [-0.2, 0) is 9.53 Å². The zero-order valence-electron chi connectivity index (χ0n) is 5.42. The topological polar surface area (TPSA) is 29.5 Å². The monoisotopic (exact) mass is 253 g/mol. The maximum absolute atomic E-state index is 10.8. The molecule has 0 saturated carbocycles. The van der Waals surface area contributed by atoms with E-state index in [-0.39, 0.29) is 18.2 Å². The Hall–Kier alpha value is 0.160. The van der Waals surface area contributed by atoms with Gasteiger partial charge in [-0.25, -0.2) is 0 Å². The van der Waals surface area contributed by atoms with Crippen LogP contribution in [0.5, 0.6) is 0 Å². The predicted molar refractivity (Wildman–Crippen MR) is 43.9 cm³/mol. The molecule has 4 heteroatoms. The summed E-state index contributed by atoms with van der Waals surface area (Å²) >= 11 is 2.28. The van der Waals surface area contributed by atoms with Gasteiger partial charge in [0.05, 0.1) is 19.1 Å². The lowest BCUT2D eigenvalue weighted by molar-refractivity contribution is -0.156. The van der Waals surface area contributed by atoms with Crippen molar-refractivity contribution < 1.29 is 9.53 Å². The molecule has 2 heterocycles. The van der Waals surface area contributed by atoms with Gasteiger partial charge < -0.3 is 9.64 Å². The van der Waals surface area contributed by atoms with Gasteiger partial charge in [-0.2, -0.15) is 0 Å². The van der Waals surface area contributed by atoms with Gasteiger partial charge in [-0.15, -0.1) is 0 Å². The summed E-state index contributed by atoms with van der Waals surface area (Å²) in [7, 11) is 0.